The molecular formula is C12H13F3N2O. The molecule has 2 aliphatic rings. The van der Waals surface area contributed by atoms with E-state index in [2.05, 4.69) is 10.3 Å². The van der Waals surface area contributed by atoms with E-state index < -0.39 is 17.3 Å². The van der Waals surface area contributed by atoms with Gasteiger partial charge >= 0.3 is 6.18 Å². The van der Waals surface area contributed by atoms with E-state index in [0.717, 1.165) is 32.1 Å². The van der Waals surface area contributed by atoms with Gasteiger partial charge in [0.15, 0.2) is 0 Å². The van der Waals surface area contributed by atoms with Gasteiger partial charge in [-0.3, -0.25) is 4.98 Å². The second-order valence-electron chi connectivity index (χ2n) is 4.87. The maximum absolute atomic E-state index is 12.9. The Hall–Kier alpha value is -1.30. The second-order valence-corrected chi connectivity index (χ2v) is 4.87. The predicted octanol–water partition coefficient (Wildman–Crippen LogP) is 2.16. The number of halogens is 3. The van der Waals surface area contributed by atoms with Crippen molar-refractivity contribution in [2.24, 2.45) is 0 Å². The molecule has 0 atom stereocenters. The fourth-order valence-electron chi connectivity index (χ4n) is 2.74. The molecule has 0 amide bonds. The average Bonchev–Trinajstić information content (AvgIpc) is 2.65. The Labute approximate surface area is 102 Å². The predicted molar refractivity (Wildman–Crippen MR) is 58.4 cm³/mol. The monoisotopic (exact) mass is 258 g/mol. The number of ether oxygens (including phenoxy) is 1. The number of aromatic nitrogens is 1. The smallest absolute Gasteiger partial charge is 0.418 e. The molecule has 0 bridgehead atoms. The first-order valence-electron chi connectivity index (χ1n) is 5.94. The Morgan fingerprint density at radius 1 is 1.22 bits per heavy atom. The number of rotatable bonds is 0. The van der Waals surface area contributed by atoms with Crippen LogP contribution in [-0.2, 0) is 12.6 Å². The third kappa shape index (κ3) is 1.84. The lowest BCUT2D eigenvalue weighted by Gasteiger charge is -2.33. The molecule has 1 saturated heterocycles. The van der Waals surface area contributed by atoms with Crippen molar-refractivity contribution in [2.45, 2.75) is 31.0 Å². The second kappa shape index (κ2) is 3.85. The van der Waals surface area contributed by atoms with Crippen LogP contribution < -0.4 is 10.1 Å². The largest absolute Gasteiger partial charge is 0.485 e. The lowest BCUT2D eigenvalue weighted by atomic mass is 9.87. The van der Waals surface area contributed by atoms with Gasteiger partial charge in [0.1, 0.15) is 11.4 Å². The van der Waals surface area contributed by atoms with Gasteiger partial charge in [0, 0.05) is 18.2 Å². The van der Waals surface area contributed by atoms with E-state index in [1.165, 1.54) is 6.20 Å². The quantitative estimate of drug-likeness (QED) is 0.774. The average molecular weight is 258 g/mol. The normalized spacial score (nSPS) is 21.7. The van der Waals surface area contributed by atoms with Crippen LogP contribution in [0.2, 0.25) is 0 Å². The molecule has 3 rings (SSSR count). The minimum Gasteiger partial charge on any atom is -0.485 e. The minimum atomic E-state index is -4.36. The van der Waals surface area contributed by atoms with Crippen LogP contribution in [0.25, 0.3) is 0 Å². The van der Waals surface area contributed by atoms with Crippen LogP contribution in [0.5, 0.6) is 5.75 Å². The summed E-state index contributed by atoms with van der Waals surface area (Å²) in [4.78, 5) is 3.64. The van der Waals surface area contributed by atoms with Gasteiger partial charge in [0.05, 0.1) is 11.8 Å². The summed E-state index contributed by atoms with van der Waals surface area (Å²) in [6.07, 6.45) is -0.275. The Morgan fingerprint density at radius 3 is 2.61 bits per heavy atom. The molecule has 1 N–H and O–H groups in total. The topological polar surface area (TPSA) is 34.2 Å². The zero-order chi connectivity index (χ0) is 12.8. The van der Waals surface area contributed by atoms with Crippen molar-refractivity contribution in [1.82, 2.24) is 10.3 Å². The van der Waals surface area contributed by atoms with E-state index in [9.17, 15) is 13.2 Å². The number of nitrogens with zero attached hydrogens (tertiary/aromatic N) is 1. The van der Waals surface area contributed by atoms with Crippen LogP contribution in [-0.4, -0.2) is 23.7 Å². The number of nitrogens with one attached hydrogen (secondary N) is 1. The zero-order valence-corrected chi connectivity index (χ0v) is 9.68. The standard InChI is InChI=1S/C12H13F3N2O/c13-12(14,15)9-6-17-7-10-8(9)5-11(18-10)1-3-16-4-2-11/h6-7,16H,1-5H2. The van der Waals surface area contributed by atoms with Crippen molar-refractivity contribution in [3.8, 4) is 5.75 Å². The van der Waals surface area contributed by atoms with Crippen LogP contribution in [0.4, 0.5) is 13.2 Å². The van der Waals surface area contributed by atoms with E-state index in [1.54, 1.807) is 0 Å². The van der Waals surface area contributed by atoms with Gasteiger partial charge in [-0.1, -0.05) is 0 Å². The number of hydrogen-bond acceptors (Lipinski definition) is 3. The highest BCUT2D eigenvalue weighted by molar-refractivity contribution is 5.44. The Morgan fingerprint density at radius 2 is 1.94 bits per heavy atom. The molecule has 1 aromatic heterocycles. The maximum atomic E-state index is 12.9. The van der Waals surface area contributed by atoms with Crippen molar-refractivity contribution < 1.29 is 17.9 Å². The van der Waals surface area contributed by atoms with E-state index in [0.29, 0.717) is 12.2 Å². The third-order valence-corrected chi connectivity index (χ3v) is 3.66. The molecule has 18 heavy (non-hydrogen) atoms. The molecule has 6 heteroatoms. The summed E-state index contributed by atoms with van der Waals surface area (Å²) >= 11 is 0. The van der Waals surface area contributed by atoms with Crippen molar-refractivity contribution >= 4 is 0 Å². The van der Waals surface area contributed by atoms with Crippen LogP contribution in [0, 0.1) is 0 Å². The van der Waals surface area contributed by atoms with Gasteiger partial charge in [-0.25, -0.2) is 0 Å². The van der Waals surface area contributed by atoms with Crippen LogP contribution in [0.3, 0.4) is 0 Å². The maximum Gasteiger partial charge on any atom is 0.418 e. The summed E-state index contributed by atoms with van der Waals surface area (Å²) in [6, 6.07) is 0. The van der Waals surface area contributed by atoms with Gasteiger partial charge in [0.2, 0.25) is 0 Å². The van der Waals surface area contributed by atoms with Crippen LogP contribution >= 0.6 is 0 Å². The fraction of sp³-hybridized carbons (Fsp3) is 0.583. The molecule has 1 spiro atoms. The third-order valence-electron chi connectivity index (χ3n) is 3.66. The van der Waals surface area contributed by atoms with E-state index in [-0.39, 0.29) is 5.56 Å². The fourth-order valence-corrected chi connectivity index (χ4v) is 2.74. The first kappa shape index (κ1) is 11.8. The highest BCUT2D eigenvalue weighted by Crippen LogP contribution is 2.44. The molecule has 2 aliphatic heterocycles. The summed E-state index contributed by atoms with van der Waals surface area (Å²) in [5, 5.41) is 3.19. The molecule has 3 nitrogen and oxygen atoms in total. The molecule has 1 aromatic rings. The Balaban J connectivity index is 1.97. The number of fused-ring (bicyclic) bond motifs is 1. The van der Waals surface area contributed by atoms with E-state index in [4.69, 9.17) is 4.74 Å². The molecular weight excluding hydrogens is 245 g/mol. The SMILES string of the molecule is FC(F)(F)c1cncc2c1CC1(CCNCC1)O2. The molecule has 0 saturated carbocycles. The first-order valence-corrected chi connectivity index (χ1v) is 5.94. The van der Waals surface area contributed by atoms with Crippen molar-refractivity contribution in [1.29, 1.82) is 0 Å². The van der Waals surface area contributed by atoms with E-state index in [1.807, 2.05) is 0 Å². The van der Waals surface area contributed by atoms with Crippen LogP contribution in [0.15, 0.2) is 12.4 Å². The number of piperidine rings is 1. The van der Waals surface area contributed by atoms with Gasteiger partial charge < -0.3 is 10.1 Å². The molecule has 0 aromatic carbocycles. The number of pyridine rings is 1. The van der Waals surface area contributed by atoms with Crippen molar-refractivity contribution in [3.63, 3.8) is 0 Å². The lowest BCUT2D eigenvalue weighted by molar-refractivity contribution is -0.138. The number of alkyl halides is 3. The molecule has 0 aliphatic carbocycles. The molecule has 0 radical (unpaired) electrons. The highest BCUT2D eigenvalue weighted by atomic mass is 19.4. The molecule has 98 valence electrons. The summed E-state index contributed by atoms with van der Waals surface area (Å²) in [5.41, 5.74) is -0.855. The lowest BCUT2D eigenvalue weighted by Crippen LogP contribution is -2.45. The van der Waals surface area contributed by atoms with Crippen molar-refractivity contribution in [3.05, 3.63) is 23.5 Å². The van der Waals surface area contributed by atoms with Crippen molar-refractivity contribution in [2.75, 3.05) is 13.1 Å². The Kier molecular flexibility index (Phi) is 2.52. The first-order chi connectivity index (χ1) is 8.50. The highest BCUT2D eigenvalue weighted by Gasteiger charge is 2.45. The van der Waals surface area contributed by atoms with Gasteiger partial charge in [-0.15, -0.1) is 0 Å². The summed E-state index contributed by atoms with van der Waals surface area (Å²) < 4.78 is 44.4. The zero-order valence-electron chi connectivity index (χ0n) is 9.68. The molecule has 3 heterocycles. The summed E-state index contributed by atoms with van der Waals surface area (Å²) in [6.45, 7) is 1.56. The van der Waals surface area contributed by atoms with Gasteiger partial charge in [0.25, 0.3) is 0 Å². The van der Waals surface area contributed by atoms with Crippen LogP contribution in [0.1, 0.15) is 24.0 Å². The van der Waals surface area contributed by atoms with E-state index >= 15 is 0 Å². The minimum absolute atomic E-state index is 0.263. The molecule has 0 unspecified atom stereocenters. The van der Waals surface area contributed by atoms with Gasteiger partial charge in [-0.2, -0.15) is 13.2 Å². The van der Waals surface area contributed by atoms with Gasteiger partial charge in [-0.05, 0) is 25.9 Å². The summed E-state index contributed by atoms with van der Waals surface area (Å²) in [5.74, 6) is 0.298. The summed E-state index contributed by atoms with van der Waals surface area (Å²) in [7, 11) is 0. The Bertz CT molecular complexity index is 467. The molecule has 1 fully saturated rings. The number of hydrogen-bond donors (Lipinski definition) is 1.